The number of hydrogen-bond acceptors (Lipinski definition) is 3. The Morgan fingerprint density at radius 2 is 1.88 bits per heavy atom. The van der Waals surface area contributed by atoms with Gasteiger partial charge in [-0.3, -0.25) is 4.90 Å². The van der Waals surface area contributed by atoms with Crippen molar-refractivity contribution in [3.05, 3.63) is 0 Å². The van der Waals surface area contributed by atoms with Gasteiger partial charge >= 0.3 is 0 Å². The monoisotopic (exact) mass is 219 g/mol. The molecule has 3 aliphatic carbocycles. The maximum Gasteiger partial charge on any atom is 0.119 e. The molecule has 3 saturated carbocycles. The van der Waals surface area contributed by atoms with Crippen molar-refractivity contribution in [1.29, 1.82) is 5.26 Å². The summed E-state index contributed by atoms with van der Waals surface area (Å²) in [5.41, 5.74) is 5.70. The summed E-state index contributed by atoms with van der Waals surface area (Å²) in [6.07, 6.45) is 7.73. The van der Waals surface area contributed by atoms with Crippen molar-refractivity contribution in [1.82, 2.24) is 4.90 Å². The number of hydrogen-bond donors (Lipinski definition) is 1. The summed E-state index contributed by atoms with van der Waals surface area (Å²) in [4.78, 5) is 2.51. The van der Waals surface area contributed by atoms with Crippen LogP contribution < -0.4 is 5.73 Å². The SMILES string of the molecule is N#CC(N)(CN(CC1CC1)C1CC1)C1CC1. The number of nitrogens with two attached hydrogens (primary N) is 1. The molecule has 0 spiro atoms. The van der Waals surface area contributed by atoms with Crippen LogP contribution in [0.15, 0.2) is 0 Å². The number of nitrogens with zero attached hydrogens (tertiary/aromatic N) is 2. The van der Waals surface area contributed by atoms with Crippen LogP contribution in [0.1, 0.15) is 38.5 Å². The Bertz CT molecular complexity index is 310. The van der Waals surface area contributed by atoms with E-state index in [1.807, 2.05) is 0 Å². The summed E-state index contributed by atoms with van der Waals surface area (Å²) in [6.45, 7) is 2.01. The summed E-state index contributed by atoms with van der Waals surface area (Å²) < 4.78 is 0. The van der Waals surface area contributed by atoms with Crippen LogP contribution >= 0.6 is 0 Å². The van der Waals surface area contributed by atoms with Gasteiger partial charge in [-0.25, -0.2) is 0 Å². The lowest BCUT2D eigenvalue weighted by atomic mass is 9.95. The second-order valence-corrected chi connectivity index (χ2v) is 6.03. The predicted molar refractivity (Wildman–Crippen MR) is 62.6 cm³/mol. The topological polar surface area (TPSA) is 53.1 Å². The zero-order chi connectivity index (χ0) is 11.2. The third-order valence-corrected chi connectivity index (χ3v) is 4.23. The third-order valence-electron chi connectivity index (χ3n) is 4.23. The van der Waals surface area contributed by atoms with Gasteiger partial charge in [0.1, 0.15) is 5.54 Å². The summed E-state index contributed by atoms with van der Waals surface area (Å²) >= 11 is 0. The van der Waals surface area contributed by atoms with Crippen molar-refractivity contribution in [2.24, 2.45) is 17.6 Å². The van der Waals surface area contributed by atoms with Gasteiger partial charge in [0, 0.05) is 19.1 Å². The molecule has 3 fully saturated rings. The van der Waals surface area contributed by atoms with Gasteiger partial charge in [0.05, 0.1) is 6.07 Å². The van der Waals surface area contributed by atoms with Crippen LogP contribution in [0.4, 0.5) is 0 Å². The highest BCUT2D eigenvalue weighted by Gasteiger charge is 2.46. The lowest BCUT2D eigenvalue weighted by Crippen LogP contribution is -2.52. The lowest BCUT2D eigenvalue weighted by Gasteiger charge is -2.30. The number of nitriles is 1. The molecule has 16 heavy (non-hydrogen) atoms. The average molecular weight is 219 g/mol. The quantitative estimate of drug-likeness (QED) is 0.736. The summed E-state index contributed by atoms with van der Waals surface area (Å²) in [7, 11) is 0. The Labute approximate surface area is 97.6 Å². The lowest BCUT2D eigenvalue weighted by molar-refractivity contribution is 0.204. The molecule has 1 unspecified atom stereocenters. The van der Waals surface area contributed by atoms with Gasteiger partial charge in [0.15, 0.2) is 0 Å². The summed E-state index contributed by atoms with van der Waals surface area (Å²) in [5.74, 6) is 1.38. The molecule has 3 rings (SSSR count). The molecule has 3 nitrogen and oxygen atoms in total. The molecule has 2 N–H and O–H groups in total. The molecule has 0 aliphatic heterocycles. The van der Waals surface area contributed by atoms with E-state index < -0.39 is 5.54 Å². The van der Waals surface area contributed by atoms with E-state index in [1.54, 1.807) is 0 Å². The molecule has 0 heterocycles. The molecule has 1 atom stereocenters. The van der Waals surface area contributed by atoms with Crippen molar-refractivity contribution in [3.8, 4) is 6.07 Å². The minimum Gasteiger partial charge on any atom is -0.312 e. The molecule has 0 radical (unpaired) electrons. The van der Waals surface area contributed by atoms with Crippen LogP contribution in [-0.4, -0.2) is 29.6 Å². The van der Waals surface area contributed by atoms with E-state index in [1.165, 1.54) is 32.2 Å². The first-order chi connectivity index (χ1) is 7.71. The molecule has 0 aromatic heterocycles. The molecule has 0 aromatic rings. The van der Waals surface area contributed by atoms with Gasteiger partial charge in [-0.05, 0) is 50.4 Å². The van der Waals surface area contributed by atoms with E-state index in [-0.39, 0.29) is 0 Å². The first kappa shape index (κ1) is 10.6. The Morgan fingerprint density at radius 3 is 2.31 bits per heavy atom. The molecule has 0 bridgehead atoms. The molecule has 0 amide bonds. The fourth-order valence-corrected chi connectivity index (χ4v) is 2.60. The number of rotatable bonds is 6. The van der Waals surface area contributed by atoms with E-state index in [9.17, 15) is 5.26 Å². The van der Waals surface area contributed by atoms with Crippen LogP contribution in [0.3, 0.4) is 0 Å². The van der Waals surface area contributed by atoms with E-state index in [4.69, 9.17) is 5.73 Å². The van der Waals surface area contributed by atoms with Crippen molar-refractivity contribution < 1.29 is 0 Å². The minimum atomic E-state index is -0.558. The second kappa shape index (κ2) is 3.72. The molecule has 0 aromatic carbocycles. The van der Waals surface area contributed by atoms with Gasteiger partial charge in [-0.15, -0.1) is 0 Å². The molecule has 0 saturated heterocycles. The van der Waals surface area contributed by atoms with Crippen molar-refractivity contribution in [2.75, 3.05) is 13.1 Å². The Morgan fingerprint density at radius 1 is 1.19 bits per heavy atom. The standard InChI is InChI=1S/C13H21N3/c14-8-13(15,11-3-4-11)9-16(12-5-6-12)7-10-1-2-10/h10-12H,1-7,9,15H2. The van der Waals surface area contributed by atoms with Crippen molar-refractivity contribution in [3.63, 3.8) is 0 Å². The highest BCUT2D eigenvalue weighted by molar-refractivity contribution is 5.15. The van der Waals surface area contributed by atoms with Gasteiger partial charge in [-0.1, -0.05) is 0 Å². The largest absolute Gasteiger partial charge is 0.312 e. The predicted octanol–water partition coefficient (Wildman–Crippen LogP) is 1.49. The first-order valence-electron chi connectivity index (χ1n) is 6.65. The van der Waals surface area contributed by atoms with Gasteiger partial charge in [-0.2, -0.15) is 5.26 Å². The van der Waals surface area contributed by atoms with Crippen LogP contribution in [0, 0.1) is 23.2 Å². The molecule has 88 valence electrons. The summed E-state index contributed by atoms with van der Waals surface area (Å²) in [5, 5.41) is 9.29. The van der Waals surface area contributed by atoms with E-state index in [2.05, 4.69) is 11.0 Å². The van der Waals surface area contributed by atoms with E-state index >= 15 is 0 Å². The van der Waals surface area contributed by atoms with Crippen LogP contribution in [-0.2, 0) is 0 Å². The maximum atomic E-state index is 9.29. The van der Waals surface area contributed by atoms with Crippen LogP contribution in [0.25, 0.3) is 0 Å². The van der Waals surface area contributed by atoms with Crippen LogP contribution in [0.5, 0.6) is 0 Å². The maximum absolute atomic E-state index is 9.29. The van der Waals surface area contributed by atoms with E-state index in [0.717, 1.165) is 31.3 Å². The second-order valence-electron chi connectivity index (χ2n) is 6.03. The van der Waals surface area contributed by atoms with Gasteiger partial charge < -0.3 is 5.73 Å². The van der Waals surface area contributed by atoms with Gasteiger partial charge in [0.2, 0.25) is 0 Å². The molecule has 3 aliphatic rings. The zero-order valence-electron chi connectivity index (χ0n) is 9.86. The normalized spacial score (nSPS) is 28.8. The average Bonchev–Trinajstić information content (AvgIpc) is 3.16. The smallest absolute Gasteiger partial charge is 0.119 e. The fraction of sp³-hybridized carbons (Fsp3) is 0.923. The highest BCUT2D eigenvalue weighted by Crippen LogP contribution is 2.41. The molecular weight excluding hydrogens is 198 g/mol. The fourth-order valence-electron chi connectivity index (χ4n) is 2.60. The Balaban J connectivity index is 1.62. The molecular formula is C13H21N3. The zero-order valence-corrected chi connectivity index (χ0v) is 9.86. The van der Waals surface area contributed by atoms with Crippen LogP contribution in [0.2, 0.25) is 0 Å². The Hall–Kier alpha value is -0.590. The minimum absolute atomic E-state index is 0.470. The van der Waals surface area contributed by atoms with Gasteiger partial charge in [0.25, 0.3) is 0 Å². The van der Waals surface area contributed by atoms with E-state index in [0.29, 0.717) is 5.92 Å². The third kappa shape index (κ3) is 2.23. The first-order valence-corrected chi connectivity index (χ1v) is 6.65. The Kier molecular flexibility index (Phi) is 2.45. The van der Waals surface area contributed by atoms with Crippen molar-refractivity contribution in [2.45, 2.75) is 50.1 Å². The summed E-state index contributed by atoms with van der Waals surface area (Å²) in [6, 6.07) is 3.13. The molecule has 3 heteroatoms. The highest BCUT2D eigenvalue weighted by atomic mass is 15.2. The van der Waals surface area contributed by atoms with Crippen molar-refractivity contribution >= 4 is 0 Å².